The molecule has 6 heteroatoms. The zero-order valence-corrected chi connectivity index (χ0v) is 17.9. The van der Waals surface area contributed by atoms with Crippen LogP contribution in [-0.4, -0.2) is 26.7 Å². The molecule has 1 amide bonds. The van der Waals surface area contributed by atoms with E-state index in [1.807, 2.05) is 56.5 Å². The highest BCUT2D eigenvalue weighted by atomic mass is 32.1. The Morgan fingerprint density at radius 3 is 2.40 bits per heavy atom. The number of Topliss-reactive ketones (excluding diaryl/α,β-unsaturated/α-hetero) is 1. The first kappa shape index (κ1) is 20.0. The number of rotatable bonds is 4. The standard InChI is InChI=1S/C24H22N2O3S/c1-14-4-5-18(12-16(14)3)21(27)19-20(23-15(2)8-11-30-23)26(24(29)22(19)28)13-17-6-9-25-10-7-17/h4-12,20,27H,13H2,1-3H3/b21-19-. The molecule has 1 aliphatic heterocycles. The van der Waals surface area contributed by atoms with Crippen molar-refractivity contribution in [2.45, 2.75) is 33.4 Å². The van der Waals surface area contributed by atoms with Gasteiger partial charge in [-0.05, 0) is 72.7 Å². The Labute approximate surface area is 179 Å². The quantitative estimate of drug-likeness (QED) is 0.379. The number of carbonyl (C=O) groups is 2. The van der Waals surface area contributed by atoms with Crippen LogP contribution in [0.1, 0.15) is 38.7 Å². The van der Waals surface area contributed by atoms with Crippen LogP contribution >= 0.6 is 11.3 Å². The molecule has 5 nitrogen and oxygen atoms in total. The van der Waals surface area contributed by atoms with Gasteiger partial charge in [0.05, 0.1) is 5.57 Å². The summed E-state index contributed by atoms with van der Waals surface area (Å²) in [5.74, 6) is -1.39. The zero-order chi connectivity index (χ0) is 21.4. The zero-order valence-electron chi connectivity index (χ0n) is 17.0. The summed E-state index contributed by atoms with van der Waals surface area (Å²) in [4.78, 5) is 32.5. The van der Waals surface area contributed by atoms with Crippen molar-refractivity contribution < 1.29 is 14.7 Å². The van der Waals surface area contributed by atoms with Gasteiger partial charge in [-0.15, -0.1) is 11.3 Å². The number of thiophene rings is 1. The average Bonchev–Trinajstić information content (AvgIpc) is 3.26. The Bertz CT molecular complexity index is 1160. The largest absolute Gasteiger partial charge is 0.507 e. The lowest BCUT2D eigenvalue weighted by Crippen LogP contribution is -2.29. The first-order chi connectivity index (χ1) is 14.4. The number of pyridine rings is 1. The minimum absolute atomic E-state index is 0.133. The molecule has 152 valence electrons. The monoisotopic (exact) mass is 418 g/mol. The number of aryl methyl sites for hydroxylation is 3. The third-order valence-electron chi connectivity index (χ3n) is 5.57. The van der Waals surface area contributed by atoms with Crippen LogP contribution in [0, 0.1) is 20.8 Å². The van der Waals surface area contributed by atoms with Crippen molar-refractivity contribution in [2.24, 2.45) is 0 Å². The van der Waals surface area contributed by atoms with Crippen LogP contribution in [0.15, 0.2) is 59.7 Å². The number of aliphatic hydroxyl groups is 1. The topological polar surface area (TPSA) is 70.5 Å². The second kappa shape index (κ2) is 7.88. The van der Waals surface area contributed by atoms with Crippen LogP contribution in [0.5, 0.6) is 0 Å². The Kier molecular flexibility index (Phi) is 5.26. The van der Waals surface area contributed by atoms with E-state index in [4.69, 9.17) is 0 Å². The molecular formula is C24H22N2O3S. The summed E-state index contributed by atoms with van der Waals surface area (Å²) in [6.07, 6.45) is 3.32. The van der Waals surface area contributed by atoms with E-state index >= 15 is 0 Å². The van der Waals surface area contributed by atoms with Gasteiger partial charge in [0.1, 0.15) is 11.8 Å². The maximum atomic E-state index is 13.1. The van der Waals surface area contributed by atoms with Crippen LogP contribution in [0.2, 0.25) is 0 Å². The van der Waals surface area contributed by atoms with E-state index in [-0.39, 0.29) is 17.9 Å². The van der Waals surface area contributed by atoms with Gasteiger partial charge in [-0.25, -0.2) is 0 Å². The lowest BCUT2D eigenvalue weighted by atomic mass is 9.96. The fourth-order valence-corrected chi connectivity index (χ4v) is 4.76. The second-order valence-corrected chi connectivity index (χ2v) is 8.50. The summed E-state index contributed by atoms with van der Waals surface area (Å²) in [5, 5.41) is 13.1. The van der Waals surface area contributed by atoms with Gasteiger partial charge in [-0.3, -0.25) is 14.6 Å². The number of carbonyl (C=O) groups excluding carboxylic acids is 2. The molecule has 0 aliphatic carbocycles. The molecular weight excluding hydrogens is 396 g/mol. The molecule has 1 saturated heterocycles. The Morgan fingerprint density at radius 1 is 1.03 bits per heavy atom. The van der Waals surface area contributed by atoms with Crippen molar-refractivity contribution in [2.75, 3.05) is 0 Å². The Hall–Kier alpha value is -3.25. The average molecular weight is 419 g/mol. The number of aliphatic hydroxyl groups excluding tert-OH is 1. The molecule has 1 aromatic carbocycles. The number of amides is 1. The van der Waals surface area contributed by atoms with E-state index in [1.165, 1.54) is 11.3 Å². The van der Waals surface area contributed by atoms with E-state index < -0.39 is 17.7 Å². The third-order valence-corrected chi connectivity index (χ3v) is 6.64. The third kappa shape index (κ3) is 3.44. The van der Waals surface area contributed by atoms with Gasteiger partial charge in [-0.2, -0.15) is 0 Å². The number of hydrogen-bond acceptors (Lipinski definition) is 5. The summed E-state index contributed by atoms with van der Waals surface area (Å²) in [6.45, 7) is 6.16. The molecule has 30 heavy (non-hydrogen) atoms. The van der Waals surface area contributed by atoms with Crippen molar-refractivity contribution in [3.63, 3.8) is 0 Å². The van der Waals surface area contributed by atoms with E-state index in [1.54, 1.807) is 23.4 Å². The summed E-state index contributed by atoms with van der Waals surface area (Å²) >= 11 is 1.48. The highest BCUT2D eigenvalue weighted by molar-refractivity contribution is 7.10. The summed E-state index contributed by atoms with van der Waals surface area (Å²) in [7, 11) is 0. The van der Waals surface area contributed by atoms with Gasteiger partial charge < -0.3 is 10.0 Å². The smallest absolute Gasteiger partial charge is 0.295 e. The highest BCUT2D eigenvalue weighted by Crippen LogP contribution is 2.43. The molecule has 0 bridgehead atoms. The second-order valence-electron chi connectivity index (χ2n) is 7.55. The highest BCUT2D eigenvalue weighted by Gasteiger charge is 2.47. The van der Waals surface area contributed by atoms with Gasteiger partial charge in [0, 0.05) is 29.4 Å². The molecule has 0 saturated carbocycles. The first-order valence-corrected chi connectivity index (χ1v) is 10.6. The van der Waals surface area contributed by atoms with Gasteiger partial charge in [-0.1, -0.05) is 12.1 Å². The summed E-state index contributed by atoms with van der Waals surface area (Å²) in [6, 6.07) is 10.5. The van der Waals surface area contributed by atoms with Crippen molar-refractivity contribution in [3.8, 4) is 0 Å². The van der Waals surface area contributed by atoms with Crippen LogP contribution in [0.4, 0.5) is 0 Å². The number of benzene rings is 1. The molecule has 0 radical (unpaired) electrons. The molecule has 1 unspecified atom stereocenters. The van der Waals surface area contributed by atoms with Crippen molar-refractivity contribution in [1.29, 1.82) is 0 Å². The Morgan fingerprint density at radius 2 is 1.77 bits per heavy atom. The molecule has 1 N–H and O–H groups in total. The molecule has 4 rings (SSSR count). The van der Waals surface area contributed by atoms with Crippen LogP contribution < -0.4 is 0 Å². The Balaban J connectivity index is 1.87. The molecule has 2 aromatic heterocycles. The lowest BCUT2D eigenvalue weighted by molar-refractivity contribution is -0.140. The number of ketones is 1. The first-order valence-electron chi connectivity index (χ1n) is 9.67. The van der Waals surface area contributed by atoms with Crippen molar-refractivity contribution in [3.05, 3.63) is 92.4 Å². The van der Waals surface area contributed by atoms with Crippen molar-refractivity contribution in [1.82, 2.24) is 9.88 Å². The molecule has 1 fully saturated rings. The minimum atomic E-state index is -0.655. The number of likely N-dealkylation sites (tertiary alicyclic amines) is 1. The fourth-order valence-electron chi connectivity index (χ4n) is 3.71. The van der Waals surface area contributed by atoms with Crippen LogP contribution in [-0.2, 0) is 16.1 Å². The number of aromatic nitrogens is 1. The summed E-state index contributed by atoms with van der Waals surface area (Å²) in [5.41, 5.74) is 4.64. The predicted molar refractivity (Wildman–Crippen MR) is 117 cm³/mol. The van der Waals surface area contributed by atoms with Gasteiger partial charge in [0.15, 0.2) is 0 Å². The maximum Gasteiger partial charge on any atom is 0.295 e. The molecule has 1 atom stereocenters. The lowest BCUT2D eigenvalue weighted by Gasteiger charge is -2.25. The maximum absolute atomic E-state index is 13.1. The van der Waals surface area contributed by atoms with Crippen LogP contribution in [0.25, 0.3) is 5.76 Å². The SMILES string of the molecule is Cc1ccc(/C(O)=C2/C(=O)C(=O)N(Cc3ccncc3)C2c2sccc2C)cc1C. The van der Waals surface area contributed by atoms with E-state index in [9.17, 15) is 14.7 Å². The number of nitrogens with zero attached hydrogens (tertiary/aromatic N) is 2. The van der Waals surface area contributed by atoms with E-state index in [2.05, 4.69) is 4.98 Å². The normalized spacial score (nSPS) is 18.2. The van der Waals surface area contributed by atoms with Crippen molar-refractivity contribution >= 4 is 28.8 Å². The summed E-state index contributed by atoms with van der Waals surface area (Å²) < 4.78 is 0. The van der Waals surface area contributed by atoms with Gasteiger partial charge in [0.2, 0.25) is 0 Å². The molecule has 1 aliphatic rings. The molecule has 3 aromatic rings. The molecule has 3 heterocycles. The van der Waals surface area contributed by atoms with Crippen LogP contribution in [0.3, 0.4) is 0 Å². The minimum Gasteiger partial charge on any atom is -0.507 e. The molecule has 0 spiro atoms. The number of hydrogen-bond donors (Lipinski definition) is 1. The van der Waals surface area contributed by atoms with E-state index in [0.717, 1.165) is 27.1 Å². The fraction of sp³-hybridized carbons (Fsp3) is 0.208. The predicted octanol–water partition coefficient (Wildman–Crippen LogP) is 4.69. The van der Waals surface area contributed by atoms with Gasteiger partial charge in [0.25, 0.3) is 11.7 Å². The van der Waals surface area contributed by atoms with Gasteiger partial charge >= 0.3 is 0 Å². The van der Waals surface area contributed by atoms with E-state index in [0.29, 0.717) is 5.56 Å².